The fraction of sp³-hybridized carbons (Fsp3) is 0.625. The van der Waals surface area contributed by atoms with Crippen molar-refractivity contribution in [3.8, 4) is 0 Å². The van der Waals surface area contributed by atoms with Crippen molar-refractivity contribution in [3.05, 3.63) is 34.0 Å². The minimum absolute atomic E-state index is 0.104. The Morgan fingerprint density at radius 2 is 1.60 bits per heavy atom. The fourth-order valence-electron chi connectivity index (χ4n) is 4.35. The largest absolute Gasteiger partial charge is 0.490 e. The number of aliphatic carboxylic acids is 2. The third kappa shape index (κ3) is 10.9. The van der Waals surface area contributed by atoms with Gasteiger partial charge in [-0.3, -0.25) is 9.69 Å². The van der Waals surface area contributed by atoms with Gasteiger partial charge in [-0.1, -0.05) is 0 Å². The number of piperidine rings is 1. The van der Waals surface area contributed by atoms with Crippen LogP contribution in [0.3, 0.4) is 0 Å². The number of fused-ring (bicyclic) bond motifs is 1. The van der Waals surface area contributed by atoms with E-state index in [9.17, 15) is 31.1 Å². The number of halogens is 6. The molecule has 11 nitrogen and oxygen atoms in total. The smallest absolute Gasteiger partial charge is 0.475 e. The standard InChI is InChI=1S/C20H30N6OS.2C2HF3O2/c1-24(2)11-8-21-19(27)18-23-22-17-3-5-20(15-26(17)18)6-9-25(10-7-20)13-16-4-12-28-14-16;2*3-2(4,5)1(6)7/h4,12,14H,3,5-11,13,15H2,1-2H3,(H,21,27);2*(H,6,7). The van der Waals surface area contributed by atoms with E-state index in [4.69, 9.17) is 19.8 Å². The van der Waals surface area contributed by atoms with E-state index in [1.165, 1.54) is 18.4 Å². The summed E-state index contributed by atoms with van der Waals surface area (Å²) in [7, 11) is 4.00. The number of likely N-dealkylation sites (N-methyl/N-ethyl adjacent to an activating group) is 1. The summed E-state index contributed by atoms with van der Waals surface area (Å²) in [5, 5.41) is 30.1. The van der Waals surface area contributed by atoms with Crippen LogP contribution >= 0.6 is 11.3 Å². The maximum absolute atomic E-state index is 12.6. The molecule has 2 aromatic rings. The number of nitrogens with zero attached hydrogens (tertiary/aromatic N) is 5. The van der Waals surface area contributed by atoms with Crippen LogP contribution < -0.4 is 5.32 Å². The maximum atomic E-state index is 12.6. The summed E-state index contributed by atoms with van der Waals surface area (Å²) in [6, 6.07) is 2.22. The van der Waals surface area contributed by atoms with E-state index in [-0.39, 0.29) is 11.3 Å². The Bertz CT molecular complexity index is 1150. The molecule has 3 N–H and O–H groups in total. The molecule has 1 amide bonds. The van der Waals surface area contributed by atoms with Gasteiger partial charge in [-0.15, -0.1) is 10.2 Å². The van der Waals surface area contributed by atoms with Crippen molar-refractivity contribution in [2.45, 2.75) is 51.1 Å². The summed E-state index contributed by atoms with van der Waals surface area (Å²) in [6.45, 7) is 5.61. The highest BCUT2D eigenvalue weighted by Crippen LogP contribution is 2.41. The first-order valence-corrected chi connectivity index (χ1v) is 13.6. The lowest BCUT2D eigenvalue weighted by Gasteiger charge is -2.44. The number of hydrogen-bond acceptors (Lipinski definition) is 8. The molecular weight excluding hydrogens is 598 g/mol. The molecule has 42 heavy (non-hydrogen) atoms. The van der Waals surface area contributed by atoms with Crippen LogP contribution in [0.4, 0.5) is 26.3 Å². The predicted octanol–water partition coefficient (Wildman–Crippen LogP) is 3.13. The molecule has 0 radical (unpaired) electrons. The minimum Gasteiger partial charge on any atom is -0.475 e. The lowest BCUT2D eigenvalue weighted by molar-refractivity contribution is -0.193. The summed E-state index contributed by atoms with van der Waals surface area (Å²) in [5.41, 5.74) is 1.70. The zero-order valence-electron chi connectivity index (χ0n) is 22.8. The molecule has 1 saturated heterocycles. The fourth-order valence-corrected chi connectivity index (χ4v) is 5.01. The number of alkyl halides is 6. The topological polar surface area (TPSA) is 141 Å². The highest BCUT2D eigenvalue weighted by atomic mass is 32.1. The van der Waals surface area contributed by atoms with Crippen molar-refractivity contribution in [3.63, 3.8) is 0 Å². The minimum atomic E-state index is -5.08. The number of rotatable bonds is 6. The van der Waals surface area contributed by atoms with Crippen molar-refractivity contribution in [1.82, 2.24) is 29.9 Å². The number of carboxylic acid groups (broad SMARTS) is 2. The molecule has 2 aliphatic rings. The Labute approximate surface area is 241 Å². The van der Waals surface area contributed by atoms with Crippen LogP contribution in [0.5, 0.6) is 0 Å². The Morgan fingerprint density at radius 3 is 2.07 bits per heavy atom. The maximum Gasteiger partial charge on any atom is 0.490 e. The van der Waals surface area contributed by atoms with Crippen LogP contribution in [0.1, 0.15) is 41.3 Å². The predicted molar refractivity (Wildman–Crippen MR) is 138 cm³/mol. The van der Waals surface area contributed by atoms with Gasteiger partial charge in [0.05, 0.1) is 0 Å². The molecule has 0 saturated carbocycles. The molecule has 4 rings (SSSR count). The number of aryl methyl sites for hydroxylation is 1. The number of amides is 1. The van der Waals surface area contributed by atoms with Crippen molar-refractivity contribution in [1.29, 1.82) is 0 Å². The summed E-state index contributed by atoms with van der Waals surface area (Å²) >= 11 is 1.77. The van der Waals surface area contributed by atoms with Crippen LogP contribution in [0.15, 0.2) is 16.8 Å². The van der Waals surface area contributed by atoms with Crippen molar-refractivity contribution < 1.29 is 50.9 Å². The number of hydrogen-bond donors (Lipinski definition) is 3. The van der Waals surface area contributed by atoms with E-state index < -0.39 is 24.3 Å². The van der Waals surface area contributed by atoms with Crippen LogP contribution in [-0.4, -0.2) is 105 Å². The zero-order chi connectivity index (χ0) is 31.7. The first-order valence-electron chi connectivity index (χ1n) is 12.6. The van der Waals surface area contributed by atoms with Gasteiger partial charge in [0.1, 0.15) is 5.82 Å². The third-order valence-corrected chi connectivity index (χ3v) is 7.37. The molecule has 0 unspecified atom stereocenters. The van der Waals surface area contributed by atoms with Gasteiger partial charge >= 0.3 is 24.3 Å². The van der Waals surface area contributed by atoms with Crippen LogP contribution in [0.2, 0.25) is 0 Å². The SMILES string of the molecule is CN(C)CCNC(=O)c1nnc2n1CC1(CC2)CCN(Cc2ccsc2)CC1.O=C(O)C(F)(F)F.O=C(O)C(F)(F)F. The van der Waals surface area contributed by atoms with Crippen LogP contribution in [0, 0.1) is 5.41 Å². The number of carbonyl (C=O) groups is 3. The second-order valence-electron chi connectivity index (χ2n) is 10.1. The van der Waals surface area contributed by atoms with Gasteiger partial charge in [-0.25, -0.2) is 9.59 Å². The number of carboxylic acids is 2. The van der Waals surface area contributed by atoms with Crippen molar-refractivity contribution >= 4 is 29.2 Å². The van der Waals surface area contributed by atoms with E-state index in [0.29, 0.717) is 12.4 Å². The summed E-state index contributed by atoms with van der Waals surface area (Å²) in [6.07, 6.45) is -5.74. The number of nitrogens with one attached hydrogen (secondary N) is 1. The van der Waals surface area contributed by atoms with Crippen molar-refractivity contribution in [2.24, 2.45) is 5.41 Å². The zero-order valence-corrected chi connectivity index (χ0v) is 23.7. The molecule has 236 valence electrons. The molecule has 2 aromatic heterocycles. The number of aromatic nitrogens is 3. The van der Waals surface area contributed by atoms with E-state index in [0.717, 1.165) is 51.4 Å². The second-order valence-corrected chi connectivity index (χ2v) is 10.9. The molecular formula is C24H32F6N6O5S. The summed E-state index contributed by atoms with van der Waals surface area (Å²) in [5.74, 6) is -4.18. The lowest BCUT2D eigenvalue weighted by Crippen LogP contribution is -2.45. The van der Waals surface area contributed by atoms with E-state index in [1.807, 2.05) is 14.1 Å². The molecule has 18 heteroatoms. The normalized spacial score (nSPS) is 16.5. The highest BCUT2D eigenvalue weighted by molar-refractivity contribution is 7.07. The Balaban J connectivity index is 0.000000367. The molecule has 1 spiro atoms. The monoisotopic (exact) mass is 630 g/mol. The Morgan fingerprint density at radius 1 is 1.02 bits per heavy atom. The van der Waals surface area contributed by atoms with Gasteiger partial charge in [0, 0.05) is 32.6 Å². The van der Waals surface area contributed by atoms with Gasteiger partial charge in [-0.05, 0) is 74.3 Å². The molecule has 4 heterocycles. The van der Waals surface area contributed by atoms with Crippen LogP contribution in [-0.2, 0) is 29.1 Å². The lowest BCUT2D eigenvalue weighted by atomic mass is 9.73. The van der Waals surface area contributed by atoms with E-state index in [2.05, 4.69) is 46.7 Å². The van der Waals surface area contributed by atoms with Gasteiger partial charge in [0.25, 0.3) is 5.91 Å². The molecule has 0 aliphatic carbocycles. The average Bonchev–Trinajstić information content (AvgIpc) is 3.54. The van der Waals surface area contributed by atoms with Crippen molar-refractivity contribution in [2.75, 3.05) is 40.3 Å². The number of carbonyl (C=O) groups excluding carboxylic acids is 1. The Hall–Kier alpha value is -3.25. The molecule has 2 aliphatic heterocycles. The van der Waals surface area contributed by atoms with E-state index in [1.54, 1.807) is 11.3 Å². The third-order valence-electron chi connectivity index (χ3n) is 6.64. The van der Waals surface area contributed by atoms with Gasteiger partial charge in [-0.2, -0.15) is 37.7 Å². The highest BCUT2D eigenvalue weighted by Gasteiger charge is 2.40. The van der Waals surface area contributed by atoms with Gasteiger partial charge in [0.2, 0.25) is 5.82 Å². The average molecular weight is 631 g/mol. The molecule has 0 aromatic carbocycles. The van der Waals surface area contributed by atoms with Gasteiger partial charge < -0.3 is 25.0 Å². The Kier molecular flexibility index (Phi) is 12.3. The molecule has 1 fully saturated rings. The number of likely N-dealkylation sites (tertiary alicyclic amines) is 1. The number of thiophene rings is 1. The summed E-state index contributed by atoms with van der Waals surface area (Å²) < 4.78 is 65.6. The molecule has 0 atom stereocenters. The summed E-state index contributed by atoms with van der Waals surface area (Å²) in [4.78, 5) is 35.0. The van der Waals surface area contributed by atoms with Gasteiger partial charge in [0.15, 0.2) is 0 Å². The first kappa shape index (κ1) is 34.9. The quantitative estimate of drug-likeness (QED) is 0.411. The van der Waals surface area contributed by atoms with E-state index >= 15 is 0 Å². The second kappa shape index (κ2) is 14.8. The van der Waals surface area contributed by atoms with Crippen LogP contribution in [0.25, 0.3) is 0 Å². The molecule has 0 bridgehead atoms. The first-order chi connectivity index (χ1) is 19.4.